The van der Waals surface area contributed by atoms with Crippen molar-refractivity contribution in [1.29, 1.82) is 0 Å². The number of carbonyl (C=O) groups is 1. The van der Waals surface area contributed by atoms with Crippen LogP contribution in [0.2, 0.25) is 0 Å². The van der Waals surface area contributed by atoms with Gasteiger partial charge in [0.1, 0.15) is 0 Å². The molecule has 0 fully saturated rings. The van der Waals surface area contributed by atoms with Gasteiger partial charge in [0.2, 0.25) is 5.91 Å². The molecule has 2 N–H and O–H groups in total. The minimum Gasteiger partial charge on any atom is -0.356 e. The summed E-state index contributed by atoms with van der Waals surface area (Å²) in [6.07, 6.45) is 3.71. The van der Waals surface area contributed by atoms with Crippen molar-refractivity contribution in [2.24, 2.45) is 0 Å². The minimum atomic E-state index is 0.144. The van der Waals surface area contributed by atoms with Gasteiger partial charge < -0.3 is 10.6 Å². The zero-order valence-electron chi connectivity index (χ0n) is 7.85. The Morgan fingerprint density at radius 2 is 2.17 bits per heavy atom. The molecular formula is C8H18N2OS. The Balaban J connectivity index is 3.08. The molecule has 0 radical (unpaired) electrons. The quantitative estimate of drug-likeness (QED) is 0.573. The number of hydrogen-bond acceptors (Lipinski definition) is 3. The van der Waals surface area contributed by atoms with Crippen molar-refractivity contribution in [3.8, 4) is 0 Å². The van der Waals surface area contributed by atoms with Gasteiger partial charge in [-0.05, 0) is 25.5 Å². The largest absolute Gasteiger partial charge is 0.356 e. The number of nitrogens with one attached hydrogen (secondary N) is 2. The lowest BCUT2D eigenvalue weighted by atomic mass is 10.4. The highest BCUT2D eigenvalue weighted by molar-refractivity contribution is 7.98. The Morgan fingerprint density at radius 3 is 2.75 bits per heavy atom. The van der Waals surface area contributed by atoms with E-state index in [0.717, 1.165) is 25.3 Å². The third kappa shape index (κ3) is 7.88. The molecule has 4 heteroatoms. The molecule has 0 atom stereocenters. The van der Waals surface area contributed by atoms with Crippen LogP contribution >= 0.6 is 11.8 Å². The predicted octanol–water partition coefficient (Wildman–Crippen LogP) is 0.465. The molecule has 0 aromatic rings. The van der Waals surface area contributed by atoms with Gasteiger partial charge in [0, 0.05) is 19.5 Å². The number of rotatable bonds is 7. The van der Waals surface area contributed by atoms with Crippen LogP contribution in [0.25, 0.3) is 0 Å². The second-order valence-corrected chi connectivity index (χ2v) is 3.54. The number of carbonyl (C=O) groups excluding carboxylic acids is 1. The van der Waals surface area contributed by atoms with E-state index in [-0.39, 0.29) is 5.91 Å². The minimum absolute atomic E-state index is 0.144. The van der Waals surface area contributed by atoms with E-state index in [1.807, 2.05) is 18.8 Å². The molecule has 0 aliphatic carbocycles. The molecular weight excluding hydrogens is 172 g/mol. The third-order valence-corrected chi connectivity index (χ3v) is 2.15. The van der Waals surface area contributed by atoms with Gasteiger partial charge in [-0.2, -0.15) is 11.8 Å². The summed E-state index contributed by atoms with van der Waals surface area (Å²) in [5, 5.41) is 5.80. The summed E-state index contributed by atoms with van der Waals surface area (Å²) in [5.74, 6) is 1.26. The average Bonchev–Trinajstić information content (AvgIpc) is 2.09. The first-order chi connectivity index (χ1) is 5.81. The molecule has 0 unspecified atom stereocenters. The van der Waals surface area contributed by atoms with E-state index in [1.54, 1.807) is 0 Å². The molecule has 0 heterocycles. The van der Waals surface area contributed by atoms with Crippen LogP contribution in [0.1, 0.15) is 12.8 Å². The van der Waals surface area contributed by atoms with E-state index in [9.17, 15) is 4.79 Å². The van der Waals surface area contributed by atoms with Crippen LogP contribution in [0.5, 0.6) is 0 Å². The van der Waals surface area contributed by atoms with Crippen molar-refractivity contribution >= 4 is 17.7 Å². The fraction of sp³-hybridized carbons (Fsp3) is 0.875. The number of thioether (sulfide) groups is 1. The lowest BCUT2D eigenvalue weighted by Gasteiger charge is -2.03. The SMILES string of the molecule is CNCCC(=O)NCCCSC. The maximum atomic E-state index is 11.0. The summed E-state index contributed by atoms with van der Waals surface area (Å²) in [4.78, 5) is 11.0. The van der Waals surface area contributed by atoms with Gasteiger partial charge in [-0.3, -0.25) is 4.79 Å². The first-order valence-electron chi connectivity index (χ1n) is 4.21. The highest BCUT2D eigenvalue weighted by Gasteiger charge is 1.97. The van der Waals surface area contributed by atoms with Crippen LogP contribution in [0, 0.1) is 0 Å². The topological polar surface area (TPSA) is 41.1 Å². The van der Waals surface area contributed by atoms with Crippen molar-refractivity contribution in [2.75, 3.05) is 32.1 Å². The molecule has 1 amide bonds. The highest BCUT2D eigenvalue weighted by atomic mass is 32.2. The Bertz CT molecular complexity index is 120. The zero-order chi connectivity index (χ0) is 9.23. The van der Waals surface area contributed by atoms with Crippen LogP contribution in [0.3, 0.4) is 0 Å². The summed E-state index contributed by atoms with van der Waals surface area (Å²) in [7, 11) is 1.85. The molecule has 0 saturated carbocycles. The van der Waals surface area contributed by atoms with E-state index in [1.165, 1.54) is 0 Å². The van der Waals surface area contributed by atoms with E-state index in [4.69, 9.17) is 0 Å². The van der Waals surface area contributed by atoms with Gasteiger partial charge in [0.25, 0.3) is 0 Å². The average molecular weight is 190 g/mol. The molecule has 12 heavy (non-hydrogen) atoms. The molecule has 0 aromatic carbocycles. The van der Waals surface area contributed by atoms with Crippen molar-refractivity contribution in [1.82, 2.24) is 10.6 Å². The monoisotopic (exact) mass is 190 g/mol. The zero-order valence-corrected chi connectivity index (χ0v) is 8.67. The summed E-state index contributed by atoms with van der Waals surface area (Å²) in [6, 6.07) is 0. The number of hydrogen-bond donors (Lipinski definition) is 2. The van der Waals surface area contributed by atoms with Crippen LogP contribution in [-0.2, 0) is 4.79 Å². The summed E-state index contributed by atoms with van der Waals surface area (Å²) in [5.41, 5.74) is 0. The highest BCUT2D eigenvalue weighted by Crippen LogP contribution is 1.93. The second kappa shape index (κ2) is 8.87. The van der Waals surface area contributed by atoms with Gasteiger partial charge in [0.05, 0.1) is 0 Å². The van der Waals surface area contributed by atoms with Crippen molar-refractivity contribution in [2.45, 2.75) is 12.8 Å². The van der Waals surface area contributed by atoms with E-state index in [2.05, 4.69) is 16.9 Å². The van der Waals surface area contributed by atoms with E-state index < -0.39 is 0 Å². The molecule has 0 spiro atoms. The molecule has 0 aliphatic rings. The van der Waals surface area contributed by atoms with Crippen LogP contribution < -0.4 is 10.6 Å². The van der Waals surface area contributed by atoms with Gasteiger partial charge in [0.15, 0.2) is 0 Å². The van der Waals surface area contributed by atoms with Crippen molar-refractivity contribution < 1.29 is 4.79 Å². The first-order valence-corrected chi connectivity index (χ1v) is 5.61. The van der Waals surface area contributed by atoms with Crippen molar-refractivity contribution in [3.05, 3.63) is 0 Å². The van der Waals surface area contributed by atoms with E-state index >= 15 is 0 Å². The standard InChI is InChI=1S/C8H18N2OS/c1-9-6-4-8(11)10-5-3-7-12-2/h9H,3-7H2,1-2H3,(H,10,11). The molecule has 0 rings (SSSR count). The Kier molecular flexibility index (Phi) is 8.71. The molecule has 0 aromatic heterocycles. The Labute approximate surface area is 78.7 Å². The van der Waals surface area contributed by atoms with Gasteiger partial charge in [-0.25, -0.2) is 0 Å². The van der Waals surface area contributed by atoms with Crippen molar-refractivity contribution in [3.63, 3.8) is 0 Å². The molecule has 3 nitrogen and oxygen atoms in total. The van der Waals surface area contributed by atoms with Crippen LogP contribution in [0.4, 0.5) is 0 Å². The van der Waals surface area contributed by atoms with Crippen LogP contribution in [-0.4, -0.2) is 38.1 Å². The fourth-order valence-electron chi connectivity index (χ4n) is 0.771. The lowest BCUT2D eigenvalue weighted by Crippen LogP contribution is -2.27. The Morgan fingerprint density at radius 1 is 1.42 bits per heavy atom. The molecule has 0 aliphatic heterocycles. The number of amides is 1. The van der Waals surface area contributed by atoms with Gasteiger partial charge in [-0.1, -0.05) is 0 Å². The molecule has 72 valence electrons. The smallest absolute Gasteiger partial charge is 0.221 e. The summed E-state index contributed by atoms with van der Waals surface area (Å²) >= 11 is 1.81. The Hall–Kier alpha value is -0.220. The van der Waals surface area contributed by atoms with Gasteiger partial charge in [-0.15, -0.1) is 0 Å². The van der Waals surface area contributed by atoms with E-state index in [0.29, 0.717) is 6.42 Å². The third-order valence-electron chi connectivity index (χ3n) is 1.45. The lowest BCUT2D eigenvalue weighted by molar-refractivity contribution is -0.120. The normalized spacial score (nSPS) is 9.83. The fourth-order valence-corrected chi connectivity index (χ4v) is 1.20. The van der Waals surface area contributed by atoms with Crippen LogP contribution in [0.15, 0.2) is 0 Å². The first kappa shape index (κ1) is 11.8. The molecule has 0 bridgehead atoms. The second-order valence-electron chi connectivity index (χ2n) is 2.55. The molecule has 0 saturated heterocycles. The predicted molar refractivity (Wildman–Crippen MR) is 54.6 cm³/mol. The summed E-state index contributed by atoms with van der Waals surface area (Å²) in [6.45, 7) is 1.57. The summed E-state index contributed by atoms with van der Waals surface area (Å²) < 4.78 is 0. The maximum absolute atomic E-state index is 11.0. The maximum Gasteiger partial charge on any atom is 0.221 e. The van der Waals surface area contributed by atoms with Gasteiger partial charge >= 0.3 is 0 Å².